The van der Waals surface area contributed by atoms with Crippen LogP contribution in [0.15, 0.2) is 76.1 Å². The van der Waals surface area contributed by atoms with E-state index in [9.17, 15) is 12.8 Å². The SMILES string of the molecule is O=S(=O)(c1cccc2ccccc12)N1CCCC1c1nc(-c2ccc(F)cc2)no1. The van der Waals surface area contributed by atoms with Crippen molar-refractivity contribution in [2.75, 3.05) is 6.54 Å². The molecule has 2 heterocycles. The number of rotatable bonds is 4. The van der Waals surface area contributed by atoms with E-state index in [2.05, 4.69) is 10.1 Å². The average Bonchev–Trinajstić information content (AvgIpc) is 3.44. The highest BCUT2D eigenvalue weighted by Crippen LogP contribution is 2.38. The van der Waals surface area contributed by atoms with Crippen molar-refractivity contribution in [1.82, 2.24) is 14.4 Å². The third-order valence-corrected chi connectivity index (χ3v) is 7.34. The van der Waals surface area contributed by atoms with E-state index in [1.54, 1.807) is 24.3 Å². The Morgan fingerprint density at radius 2 is 1.77 bits per heavy atom. The van der Waals surface area contributed by atoms with Gasteiger partial charge >= 0.3 is 0 Å². The molecule has 152 valence electrons. The Morgan fingerprint density at radius 3 is 2.60 bits per heavy atom. The second-order valence-electron chi connectivity index (χ2n) is 7.21. The van der Waals surface area contributed by atoms with Crippen molar-refractivity contribution in [3.63, 3.8) is 0 Å². The summed E-state index contributed by atoms with van der Waals surface area (Å²) in [5, 5.41) is 5.52. The molecule has 30 heavy (non-hydrogen) atoms. The summed E-state index contributed by atoms with van der Waals surface area (Å²) in [6, 6.07) is 17.9. The molecular weight excluding hydrogens is 405 g/mol. The summed E-state index contributed by atoms with van der Waals surface area (Å²) < 4.78 is 47.1. The summed E-state index contributed by atoms with van der Waals surface area (Å²) in [6.07, 6.45) is 1.29. The molecule has 5 rings (SSSR count). The van der Waals surface area contributed by atoms with Gasteiger partial charge in [0, 0.05) is 17.5 Å². The van der Waals surface area contributed by atoms with Crippen molar-refractivity contribution in [2.45, 2.75) is 23.8 Å². The summed E-state index contributed by atoms with van der Waals surface area (Å²) in [7, 11) is -3.77. The molecule has 6 nitrogen and oxygen atoms in total. The predicted octanol–water partition coefficient (Wildman–Crippen LogP) is 4.55. The molecule has 1 aromatic heterocycles. The maximum atomic E-state index is 13.5. The van der Waals surface area contributed by atoms with Crippen molar-refractivity contribution < 1.29 is 17.3 Å². The summed E-state index contributed by atoms with van der Waals surface area (Å²) in [5.41, 5.74) is 0.604. The Morgan fingerprint density at radius 1 is 1.00 bits per heavy atom. The van der Waals surface area contributed by atoms with Gasteiger partial charge < -0.3 is 4.52 Å². The molecule has 1 unspecified atom stereocenters. The fraction of sp³-hybridized carbons (Fsp3) is 0.182. The van der Waals surface area contributed by atoms with Crippen LogP contribution in [0.3, 0.4) is 0 Å². The van der Waals surface area contributed by atoms with Gasteiger partial charge in [0.25, 0.3) is 0 Å². The fourth-order valence-electron chi connectivity index (χ4n) is 3.91. The molecule has 1 saturated heterocycles. The van der Waals surface area contributed by atoms with Crippen LogP contribution in [0.1, 0.15) is 24.8 Å². The van der Waals surface area contributed by atoms with Crippen LogP contribution in [0, 0.1) is 5.82 Å². The minimum absolute atomic E-state index is 0.246. The van der Waals surface area contributed by atoms with Crippen LogP contribution in [-0.4, -0.2) is 29.4 Å². The standard InChI is InChI=1S/C22H18FN3O3S/c23-17-12-10-16(11-13-17)21-24-22(29-25-21)19-8-4-14-26(19)30(27,28)20-9-3-6-15-5-1-2-7-18(15)20/h1-3,5-7,9-13,19H,4,8,14H2. The zero-order valence-electron chi connectivity index (χ0n) is 15.9. The van der Waals surface area contributed by atoms with Crippen LogP contribution < -0.4 is 0 Å². The van der Waals surface area contributed by atoms with Crippen LogP contribution in [0.4, 0.5) is 4.39 Å². The van der Waals surface area contributed by atoms with Crippen LogP contribution in [0.25, 0.3) is 22.2 Å². The largest absolute Gasteiger partial charge is 0.337 e. The highest BCUT2D eigenvalue weighted by Gasteiger charge is 2.40. The second kappa shape index (κ2) is 7.30. The van der Waals surface area contributed by atoms with Crippen molar-refractivity contribution in [1.29, 1.82) is 0 Å². The Hall–Kier alpha value is -3.10. The number of aromatic nitrogens is 2. The first-order valence-corrected chi connectivity index (χ1v) is 11.1. The molecule has 4 aromatic rings. The van der Waals surface area contributed by atoms with E-state index in [4.69, 9.17) is 4.52 Å². The molecule has 0 radical (unpaired) electrons. The zero-order valence-corrected chi connectivity index (χ0v) is 16.7. The van der Waals surface area contributed by atoms with Gasteiger partial charge in [-0.2, -0.15) is 9.29 Å². The Labute approximate surface area is 173 Å². The first-order valence-electron chi connectivity index (χ1n) is 9.63. The quantitative estimate of drug-likeness (QED) is 0.481. The molecular formula is C22H18FN3O3S. The molecule has 0 bridgehead atoms. The number of halogens is 1. The number of nitrogens with zero attached hydrogens (tertiary/aromatic N) is 3. The molecule has 0 N–H and O–H groups in total. The van der Waals surface area contributed by atoms with E-state index in [1.807, 2.05) is 30.3 Å². The van der Waals surface area contributed by atoms with Crippen LogP contribution in [0.5, 0.6) is 0 Å². The summed E-state index contributed by atoms with van der Waals surface area (Å²) in [4.78, 5) is 4.67. The number of hydrogen-bond acceptors (Lipinski definition) is 5. The highest BCUT2D eigenvalue weighted by molar-refractivity contribution is 7.89. The Balaban J connectivity index is 1.51. The van der Waals surface area contributed by atoms with Crippen LogP contribution in [0.2, 0.25) is 0 Å². The molecule has 1 fully saturated rings. The average molecular weight is 423 g/mol. The monoisotopic (exact) mass is 423 g/mol. The molecule has 8 heteroatoms. The zero-order chi connectivity index (χ0) is 20.7. The summed E-state index contributed by atoms with van der Waals surface area (Å²) in [6.45, 7) is 0.379. The number of hydrogen-bond donors (Lipinski definition) is 0. The smallest absolute Gasteiger partial charge is 0.245 e. The van der Waals surface area contributed by atoms with E-state index >= 15 is 0 Å². The topological polar surface area (TPSA) is 76.3 Å². The summed E-state index contributed by atoms with van der Waals surface area (Å²) in [5.74, 6) is 0.195. The van der Waals surface area contributed by atoms with Gasteiger partial charge in [0.05, 0.1) is 4.90 Å². The van der Waals surface area contributed by atoms with E-state index in [0.29, 0.717) is 36.2 Å². The van der Waals surface area contributed by atoms with Gasteiger partial charge in [-0.15, -0.1) is 0 Å². The lowest BCUT2D eigenvalue weighted by atomic mass is 10.1. The van der Waals surface area contributed by atoms with Crippen molar-refractivity contribution in [3.8, 4) is 11.4 Å². The van der Waals surface area contributed by atoms with E-state index < -0.39 is 16.1 Å². The van der Waals surface area contributed by atoms with Gasteiger partial charge in [-0.25, -0.2) is 12.8 Å². The molecule has 0 spiro atoms. The summed E-state index contributed by atoms with van der Waals surface area (Å²) >= 11 is 0. The third-order valence-electron chi connectivity index (χ3n) is 5.37. The molecule has 1 aliphatic heterocycles. The minimum atomic E-state index is -3.77. The molecule has 1 aliphatic rings. The highest BCUT2D eigenvalue weighted by atomic mass is 32.2. The van der Waals surface area contributed by atoms with Gasteiger partial charge in [-0.1, -0.05) is 41.6 Å². The molecule has 0 saturated carbocycles. The number of benzene rings is 3. The first-order chi connectivity index (χ1) is 14.5. The van der Waals surface area contributed by atoms with E-state index in [1.165, 1.54) is 16.4 Å². The number of sulfonamides is 1. The van der Waals surface area contributed by atoms with Gasteiger partial charge in [-0.05, 0) is 48.6 Å². The van der Waals surface area contributed by atoms with Crippen molar-refractivity contribution in [3.05, 3.63) is 78.4 Å². The molecule has 1 atom stereocenters. The van der Waals surface area contributed by atoms with E-state index in [-0.39, 0.29) is 16.6 Å². The minimum Gasteiger partial charge on any atom is -0.337 e. The lowest BCUT2D eigenvalue weighted by Crippen LogP contribution is -2.31. The van der Waals surface area contributed by atoms with Crippen LogP contribution >= 0.6 is 0 Å². The van der Waals surface area contributed by atoms with Crippen molar-refractivity contribution >= 4 is 20.8 Å². The molecule has 0 aliphatic carbocycles. The lowest BCUT2D eigenvalue weighted by molar-refractivity contribution is 0.291. The van der Waals surface area contributed by atoms with Gasteiger partial charge in [-0.3, -0.25) is 0 Å². The fourth-order valence-corrected chi connectivity index (χ4v) is 5.78. The maximum absolute atomic E-state index is 13.5. The van der Waals surface area contributed by atoms with Gasteiger partial charge in [0.15, 0.2) is 0 Å². The Bertz CT molecular complexity index is 1310. The predicted molar refractivity (Wildman–Crippen MR) is 110 cm³/mol. The second-order valence-corrected chi connectivity index (χ2v) is 9.07. The molecule has 3 aromatic carbocycles. The third kappa shape index (κ3) is 3.18. The van der Waals surface area contributed by atoms with Crippen molar-refractivity contribution in [2.24, 2.45) is 0 Å². The van der Waals surface area contributed by atoms with Crippen LogP contribution in [-0.2, 0) is 10.0 Å². The Kier molecular flexibility index (Phi) is 4.60. The van der Waals surface area contributed by atoms with E-state index in [0.717, 1.165) is 5.39 Å². The normalized spacial score (nSPS) is 17.6. The lowest BCUT2D eigenvalue weighted by Gasteiger charge is -2.22. The van der Waals surface area contributed by atoms with Gasteiger partial charge in [0.1, 0.15) is 11.9 Å². The number of fused-ring (bicyclic) bond motifs is 1. The molecule has 0 amide bonds. The first kappa shape index (κ1) is 18.9. The maximum Gasteiger partial charge on any atom is 0.245 e. The van der Waals surface area contributed by atoms with Gasteiger partial charge in [0.2, 0.25) is 21.7 Å².